The Morgan fingerprint density at radius 2 is 1.69 bits per heavy atom. The molecule has 0 spiro atoms. The summed E-state index contributed by atoms with van der Waals surface area (Å²) in [6.07, 6.45) is 3.53. The van der Waals surface area contributed by atoms with Gasteiger partial charge in [0, 0.05) is 18.1 Å². The maximum absolute atomic E-state index is 12.9. The molecule has 144 valence electrons. The third kappa shape index (κ3) is 4.32. The van der Waals surface area contributed by atoms with Crippen LogP contribution < -0.4 is 10.9 Å². The first-order valence-corrected chi connectivity index (χ1v) is 9.33. The molecule has 6 nitrogen and oxygen atoms in total. The normalized spacial score (nSPS) is 11.7. The molecule has 0 saturated carbocycles. The number of rotatable bonds is 6. The molecule has 4 aromatic rings. The predicted octanol–water partition coefficient (Wildman–Crippen LogP) is 3.41. The first-order chi connectivity index (χ1) is 14.2. The summed E-state index contributed by atoms with van der Waals surface area (Å²) in [4.78, 5) is 28.2. The van der Waals surface area contributed by atoms with E-state index in [4.69, 9.17) is 0 Å². The number of hydrogen-bond acceptors (Lipinski definition) is 3. The average Bonchev–Trinajstić information content (AvgIpc) is 3.27. The number of aromatic amines is 1. The Hall–Kier alpha value is -3.93. The van der Waals surface area contributed by atoms with Crippen LogP contribution >= 0.6 is 0 Å². The van der Waals surface area contributed by atoms with Crippen LogP contribution in [0, 0.1) is 0 Å². The van der Waals surface area contributed by atoms with Crippen LogP contribution in [0.3, 0.4) is 0 Å². The van der Waals surface area contributed by atoms with Crippen LogP contribution in [0.4, 0.5) is 0 Å². The van der Waals surface area contributed by atoms with Gasteiger partial charge in [0.05, 0.1) is 12.6 Å². The first kappa shape index (κ1) is 18.4. The van der Waals surface area contributed by atoms with Crippen molar-refractivity contribution in [3.63, 3.8) is 0 Å². The molecule has 0 fully saturated rings. The van der Waals surface area contributed by atoms with E-state index in [1.165, 1.54) is 0 Å². The van der Waals surface area contributed by atoms with Gasteiger partial charge in [0.15, 0.2) is 0 Å². The number of benzene rings is 2. The average molecular weight is 384 g/mol. The molecular formula is C23H20N4O2. The van der Waals surface area contributed by atoms with Crippen molar-refractivity contribution in [2.75, 3.05) is 0 Å². The molecule has 0 saturated heterocycles. The van der Waals surface area contributed by atoms with E-state index in [9.17, 15) is 9.59 Å². The maximum Gasteiger partial charge on any atom is 0.261 e. The van der Waals surface area contributed by atoms with Crippen molar-refractivity contribution in [3.05, 3.63) is 113 Å². The van der Waals surface area contributed by atoms with Crippen molar-refractivity contribution in [2.24, 2.45) is 0 Å². The zero-order valence-electron chi connectivity index (χ0n) is 15.7. The second-order valence-electron chi connectivity index (χ2n) is 6.65. The zero-order chi connectivity index (χ0) is 20.1. The molecule has 2 heterocycles. The molecule has 2 aromatic carbocycles. The van der Waals surface area contributed by atoms with Crippen molar-refractivity contribution in [2.45, 2.75) is 12.6 Å². The topological polar surface area (TPSA) is 79.8 Å². The summed E-state index contributed by atoms with van der Waals surface area (Å²) in [5.41, 5.74) is 2.15. The SMILES string of the molecule is O=C(NC(Cn1cccn1)c1ccccc1)c1ccc(-c2ccccc2)[nH]c1=O. The Kier molecular flexibility index (Phi) is 5.33. The van der Waals surface area contributed by atoms with Gasteiger partial charge in [-0.2, -0.15) is 5.10 Å². The number of amides is 1. The van der Waals surface area contributed by atoms with Gasteiger partial charge < -0.3 is 10.3 Å². The van der Waals surface area contributed by atoms with Gasteiger partial charge in [-0.3, -0.25) is 14.3 Å². The van der Waals surface area contributed by atoms with Crippen LogP contribution in [0.1, 0.15) is 22.0 Å². The smallest absolute Gasteiger partial charge is 0.261 e. The van der Waals surface area contributed by atoms with E-state index >= 15 is 0 Å². The molecule has 0 aliphatic heterocycles. The summed E-state index contributed by atoms with van der Waals surface area (Å²) in [6.45, 7) is 0.461. The molecule has 29 heavy (non-hydrogen) atoms. The number of aromatic nitrogens is 3. The van der Waals surface area contributed by atoms with Gasteiger partial charge >= 0.3 is 0 Å². The van der Waals surface area contributed by atoms with Crippen molar-refractivity contribution in [1.82, 2.24) is 20.1 Å². The summed E-state index contributed by atoms with van der Waals surface area (Å²) < 4.78 is 1.75. The number of H-pyrrole nitrogens is 1. The molecule has 0 radical (unpaired) electrons. The highest BCUT2D eigenvalue weighted by atomic mass is 16.2. The Labute approximate surface area is 167 Å². The third-order valence-electron chi connectivity index (χ3n) is 4.68. The molecule has 1 amide bonds. The number of nitrogens with zero attached hydrogens (tertiary/aromatic N) is 2. The molecule has 2 N–H and O–H groups in total. The van der Waals surface area contributed by atoms with Crippen molar-refractivity contribution >= 4 is 5.91 Å². The number of carbonyl (C=O) groups is 1. The molecular weight excluding hydrogens is 364 g/mol. The van der Waals surface area contributed by atoms with E-state index in [1.54, 1.807) is 23.0 Å². The molecule has 6 heteroatoms. The van der Waals surface area contributed by atoms with Crippen LogP contribution in [0.25, 0.3) is 11.3 Å². The minimum atomic E-state index is -0.424. The number of hydrogen-bond donors (Lipinski definition) is 2. The largest absolute Gasteiger partial charge is 0.343 e. The zero-order valence-corrected chi connectivity index (χ0v) is 15.7. The van der Waals surface area contributed by atoms with Gasteiger partial charge in [0.1, 0.15) is 5.56 Å². The van der Waals surface area contributed by atoms with Crippen LogP contribution in [-0.2, 0) is 6.54 Å². The molecule has 1 atom stereocenters. The van der Waals surface area contributed by atoms with Crippen molar-refractivity contribution in [1.29, 1.82) is 0 Å². The standard InChI is InChI=1S/C23H20N4O2/c28-22-19(12-13-20(25-22)17-8-3-1-4-9-17)23(29)26-21(16-27-15-7-14-24-27)18-10-5-2-6-11-18/h1-15,21H,16H2,(H,25,28)(H,26,29). The number of nitrogens with one attached hydrogen (secondary N) is 2. The van der Waals surface area contributed by atoms with Gasteiger partial charge in [-0.25, -0.2) is 0 Å². The Morgan fingerprint density at radius 3 is 2.34 bits per heavy atom. The monoisotopic (exact) mass is 384 g/mol. The molecule has 0 bridgehead atoms. The van der Waals surface area contributed by atoms with Crippen LogP contribution in [0.15, 0.2) is 96.1 Å². The highest BCUT2D eigenvalue weighted by Crippen LogP contribution is 2.17. The summed E-state index contributed by atoms with van der Waals surface area (Å²) >= 11 is 0. The van der Waals surface area contributed by atoms with Gasteiger partial charge in [-0.1, -0.05) is 60.7 Å². The van der Waals surface area contributed by atoms with E-state index in [2.05, 4.69) is 15.4 Å². The second-order valence-corrected chi connectivity index (χ2v) is 6.65. The predicted molar refractivity (Wildman–Crippen MR) is 111 cm³/mol. The van der Waals surface area contributed by atoms with Gasteiger partial charge in [0.2, 0.25) is 0 Å². The molecule has 1 unspecified atom stereocenters. The summed E-state index contributed by atoms with van der Waals surface area (Å²) in [5.74, 6) is -0.424. The molecule has 0 aliphatic carbocycles. The lowest BCUT2D eigenvalue weighted by Gasteiger charge is -2.19. The Bertz CT molecular complexity index is 1140. The highest BCUT2D eigenvalue weighted by Gasteiger charge is 2.19. The third-order valence-corrected chi connectivity index (χ3v) is 4.68. The first-order valence-electron chi connectivity index (χ1n) is 9.33. The summed E-state index contributed by atoms with van der Waals surface area (Å²) in [5, 5.41) is 7.19. The van der Waals surface area contributed by atoms with E-state index < -0.39 is 11.5 Å². The van der Waals surface area contributed by atoms with Gasteiger partial charge in [0.25, 0.3) is 11.5 Å². The van der Waals surface area contributed by atoms with Crippen molar-refractivity contribution in [3.8, 4) is 11.3 Å². The minimum Gasteiger partial charge on any atom is -0.343 e. The number of pyridine rings is 1. The highest BCUT2D eigenvalue weighted by molar-refractivity contribution is 5.94. The summed E-state index contributed by atoms with van der Waals surface area (Å²) in [6, 6.07) is 24.0. The molecule has 2 aromatic heterocycles. The van der Waals surface area contributed by atoms with E-state index in [0.29, 0.717) is 12.2 Å². The second kappa shape index (κ2) is 8.39. The Balaban J connectivity index is 1.58. The lowest BCUT2D eigenvalue weighted by Crippen LogP contribution is -2.35. The van der Waals surface area contributed by atoms with Crippen LogP contribution in [0.5, 0.6) is 0 Å². The van der Waals surface area contributed by atoms with E-state index in [-0.39, 0.29) is 11.6 Å². The lowest BCUT2D eigenvalue weighted by atomic mass is 10.1. The fourth-order valence-corrected chi connectivity index (χ4v) is 3.19. The fourth-order valence-electron chi connectivity index (χ4n) is 3.19. The van der Waals surface area contributed by atoms with Gasteiger partial charge in [-0.05, 0) is 29.3 Å². The summed E-state index contributed by atoms with van der Waals surface area (Å²) in [7, 11) is 0. The quantitative estimate of drug-likeness (QED) is 0.535. The van der Waals surface area contributed by atoms with E-state index in [0.717, 1.165) is 11.1 Å². The van der Waals surface area contributed by atoms with E-state index in [1.807, 2.05) is 72.9 Å². The number of carbonyl (C=O) groups excluding carboxylic acids is 1. The molecule has 0 aliphatic rings. The minimum absolute atomic E-state index is 0.0751. The maximum atomic E-state index is 12.9. The lowest BCUT2D eigenvalue weighted by molar-refractivity contribution is 0.0930. The fraction of sp³-hybridized carbons (Fsp3) is 0.0870. The molecule has 4 rings (SSSR count). The van der Waals surface area contributed by atoms with Crippen molar-refractivity contribution < 1.29 is 4.79 Å². The van der Waals surface area contributed by atoms with Crippen LogP contribution in [-0.4, -0.2) is 20.7 Å². The van der Waals surface area contributed by atoms with Crippen LogP contribution in [0.2, 0.25) is 0 Å². The van der Waals surface area contributed by atoms with Gasteiger partial charge in [-0.15, -0.1) is 0 Å². The Morgan fingerprint density at radius 1 is 0.966 bits per heavy atom.